The van der Waals surface area contributed by atoms with Crippen molar-refractivity contribution in [3.63, 3.8) is 0 Å². The zero-order valence-corrected chi connectivity index (χ0v) is 21.9. The summed E-state index contributed by atoms with van der Waals surface area (Å²) >= 11 is 1.30. The Balaban J connectivity index is 1.63. The van der Waals surface area contributed by atoms with Crippen LogP contribution in [0.1, 0.15) is 35.5 Å². The first-order chi connectivity index (χ1) is 17.3. The second-order valence-corrected chi connectivity index (χ2v) is 9.61. The number of carbonyl (C=O) groups is 1. The fourth-order valence-corrected chi connectivity index (χ4v) is 4.38. The molecule has 1 heterocycles. The van der Waals surface area contributed by atoms with Crippen LogP contribution in [0.4, 0.5) is 5.13 Å². The van der Waals surface area contributed by atoms with Gasteiger partial charge < -0.3 is 14.2 Å². The van der Waals surface area contributed by atoms with Crippen LogP contribution in [0.25, 0.3) is 6.08 Å². The highest BCUT2D eigenvalue weighted by Gasteiger charge is 2.14. The van der Waals surface area contributed by atoms with E-state index >= 15 is 0 Å². The summed E-state index contributed by atoms with van der Waals surface area (Å²) < 4.78 is 17.2. The Labute approximate surface area is 215 Å². The Morgan fingerprint density at radius 2 is 1.83 bits per heavy atom. The van der Waals surface area contributed by atoms with Crippen molar-refractivity contribution in [3.05, 3.63) is 63.7 Å². The van der Waals surface area contributed by atoms with Gasteiger partial charge in [0.05, 0.1) is 7.11 Å². The molecular weight excluding hydrogens is 476 g/mol. The average molecular weight is 507 g/mol. The minimum absolute atomic E-state index is 0.0617. The molecule has 3 rings (SSSR count). The molecule has 8 nitrogen and oxygen atoms in total. The lowest BCUT2D eigenvalue weighted by molar-refractivity contribution is -0.112. The van der Waals surface area contributed by atoms with Gasteiger partial charge in [0.15, 0.2) is 11.5 Å². The zero-order chi connectivity index (χ0) is 26.1. The Morgan fingerprint density at radius 1 is 1.11 bits per heavy atom. The topological polar surface area (TPSA) is 106 Å². The van der Waals surface area contributed by atoms with Gasteiger partial charge in [0.25, 0.3) is 5.91 Å². The lowest BCUT2D eigenvalue weighted by Gasteiger charge is -2.14. The van der Waals surface area contributed by atoms with Gasteiger partial charge in [0.2, 0.25) is 5.13 Å². The molecule has 0 aliphatic rings. The molecule has 0 radical (unpaired) electrons. The molecule has 188 valence electrons. The molecule has 0 saturated carbocycles. The number of hydrogen-bond donors (Lipinski definition) is 1. The number of nitrogens with zero attached hydrogens (tertiary/aromatic N) is 3. The van der Waals surface area contributed by atoms with E-state index in [1.165, 1.54) is 24.5 Å². The fourth-order valence-electron chi connectivity index (χ4n) is 3.43. The maximum Gasteiger partial charge on any atom is 0.268 e. The maximum atomic E-state index is 12.6. The van der Waals surface area contributed by atoms with Gasteiger partial charge in [0.1, 0.15) is 35.6 Å². The third-order valence-corrected chi connectivity index (χ3v) is 5.99. The van der Waals surface area contributed by atoms with E-state index in [1.54, 1.807) is 18.2 Å². The third kappa shape index (κ3) is 7.30. The number of nitriles is 1. The molecule has 9 heteroatoms. The molecule has 3 aromatic rings. The highest BCUT2D eigenvalue weighted by molar-refractivity contribution is 7.15. The number of hydrogen-bond acceptors (Lipinski definition) is 8. The van der Waals surface area contributed by atoms with Gasteiger partial charge in [-0.2, -0.15) is 5.26 Å². The first-order valence-corrected chi connectivity index (χ1v) is 12.4. The average Bonchev–Trinajstić information content (AvgIpc) is 3.27. The first kappa shape index (κ1) is 26.7. The minimum atomic E-state index is -0.548. The van der Waals surface area contributed by atoms with E-state index in [1.807, 2.05) is 38.1 Å². The molecule has 0 atom stereocenters. The smallest absolute Gasteiger partial charge is 0.268 e. The number of nitrogens with one attached hydrogen (secondary N) is 1. The molecule has 0 fully saturated rings. The molecule has 0 saturated heterocycles. The van der Waals surface area contributed by atoms with Crippen molar-refractivity contribution in [2.45, 2.75) is 34.1 Å². The van der Waals surface area contributed by atoms with Crippen LogP contribution in [0.2, 0.25) is 0 Å². The quantitative estimate of drug-likeness (QED) is 0.212. The van der Waals surface area contributed by atoms with Crippen LogP contribution in [0.3, 0.4) is 0 Å². The molecule has 0 unspecified atom stereocenters. The number of methoxy groups -OCH3 is 1. The molecule has 0 aliphatic carbocycles. The number of carbonyl (C=O) groups excluding carboxylic acids is 1. The second-order valence-electron chi connectivity index (χ2n) is 8.55. The number of aromatic nitrogens is 2. The molecular formula is C27H30N4O4S. The lowest BCUT2D eigenvalue weighted by Crippen LogP contribution is -2.13. The number of anilines is 1. The van der Waals surface area contributed by atoms with Gasteiger partial charge in [0, 0.05) is 6.42 Å². The molecule has 36 heavy (non-hydrogen) atoms. The highest BCUT2D eigenvalue weighted by Crippen LogP contribution is 2.29. The predicted octanol–water partition coefficient (Wildman–Crippen LogP) is 5.37. The van der Waals surface area contributed by atoms with Crippen LogP contribution in [0.5, 0.6) is 17.2 Å². The summed E-state index contributed by atoms with van der Waals surface area (Å²) in [4.78, 5) is 12.6. The first-order valence-electron chi connectivity index (χ1n) is 11.6. The van der Waals surface area contributed by atoms with Crippen molar-refractivity contribution in [3.8, 4) is 23.3 Å². The number of benzene rings is 2. The van der Waals surface area contributed by atoms with Crippen molar-refractivity contribution in [1.29, 1.82) is 5.26 Å². The summed E-state index contributed by atoms with van der Waals surface area (Å²) in [6.07, 6.45) is 2.27. The number of aryl methyl sites for hydroxylation is 2. The Kier molecular flexibility index (Phi) is 9.42. The fraction of sp³-hybridized carbons (Fsp3) is 0.333. The third-order valence-electron chi connectivity index (χ3n) is 5.13. The largest absolute Gasteiger partial charge is 0.493 e. The summed E-state index contributed by atoms with van der Waals surface area (Å²) in [7, 11) is 1.53. The molecule has 0 spiro atoms. The summed E-state index contributed by atoms with van der Waals surface area (Å²) in [6, 6.07) is 13.1. The molecule has 0 aliphatic heterocycles. The lowest BCUT2D eigenvalue weighted by atomic mass is 10.1. The van der Waals surface area contributed by atoms with E-state index < -0.39 is 5.91 Å². The Bertz CT molecular complexity index is 1260. The van der Waals surface area contributed by atoms with Crippen LogP contribution < -0.4 is 19.5 Å². The van der Waals surface area contributed by atoms with E-state index in [0.29, 0.717) is 41.3 Å². The van der Waals surface area contributed by atoms with Gasteiger partial charge in [-0.05, 0) is 54.7 Å². The second kappa shape index (κ2) is 12.7. The molecule has 1 amide bonds. The van der Waals surface area contributed by atoms with E-state index in [0.717, 1.165) is 28.3 Å². The molecule has 1 aromatic heterocycles. The SMILES string of the molecule is COc1cc(C=C(C#N)C(=O)Nc2nnc(CC(C)C)s2)ccc1OCCOc1c(C)cccc1C. The van der Waals surface area contributed by atoms with E-state index in [4.69, 9.17) is 14.2 Å². The van der Waals surface area contributed by atoms with Crippen LogP contribution >= 0.6 is 11.3 Å². The minimum Gasteiger partial charge on any atom is -0.493 e. The standard InChI is InChI=1S/C27H30N4O4S/c1-17(2)13-24-30-31-27(36-24)29-26(32)21(16-28)14-20-9-10-22(23(15-20)33-5)34-11-12-35-25-18(3)7-6-8-19(25)4/h6-10,14-15,17H,11-13H2,1-5H3,(H,29,31,32). The number of rotatable bonds is 11. The van der Waals surface area contributed by atoms with Gasteiger partial charge >= 0.3 is 0 Å². The summed E-state index contributed by atoms with van der Waals surface area (Å²) in [5.41, 5.74) is 2.70. The molecule has 2 aromatic carbocycles. The van der Waals surface area contributed by atoms with Crippen molar-refractivity contribution < 1.29 is 19.0 Å². The highest BCUT2D eigenvalue weighted by atomic mass is 32.1. The maximum absolute atomic E-state index is 12.6. The number of para-hydroxylation sites is 1. The summed E-state index contributed by atoms with van der Waals surface area (Å²) in [5, 5.41) is 21.5. The van der Waals surface area contributed by atoms with E-state index in [2.05, 4.69) is 29.4 Å². The van der Waals surface area contributed by atoms with Crippen LogP contribution in [-0.2, 0) is 11.2 Å². The Hall–Kier alpha value is -3.90. The molecule has 1 N–H and O–H groups in total. The van der Waals surface area contributed by atoms with Crippen LogP contribution in [-0.4, -0.2) is 36.4 Å². The monoisotopic (exact) mass is 506 g/mol. The van der Waals surface area contributed by atoms with Gasteiger partial charge in [-0.25, -0.2) is 0 Å². The van der Waals surface area contributed by atoms with E-state index in [-0.39, 0.29) is 5.57 Å². The van der Waals surface area contributed by atoms with Crippen molar-refractivity contribution >= 4 is 28.5 Å². The number of amides is 1. The summed E-state index contributed by atoms with van der Waals surface area (Å²) in [5.74, 6) is 1.77. The van der Waals surface area contributed by atoms with Crippen molar-refractivity contribution in [1.82, 2.24) is 10.2 Å². The Morgan fingerprint density at radius 3 is 2.50 bits per heavy atom. The number of ether oxygens (including phenoxy) is 3. The normalized spacial score (nSPS) is 11.2. The van der Waals surface area contributed by atoms with Crippen LogP contribution in [0, 0.1) is 31.1 Å². The van der Waals surface area contributed by atoms with Gasteiger partial charge in [-0.15, -0.1) is 10.2 Å². The summed E-state index contributed by atoms with van der Waals surface area (Å²) in [6.45, 7) is 8.88. The zero-order valence-electron chi connectivity index (χ0n) is 21.1. The van der Waals surface area contributed by atoms with Gasteiger partial charge in [-0.3, -0.25) is 10.1 Å². The predicted molar refractivity (Wildman–Crippen MR) is 141 cm³/mol. The van der Waals surface area contributed by atoms with Crippen LogP contribution in [0.15, 0.2) is 42.0 Å². The van der Waals surface area contributed by atoms with Crippen molar-refractivity contribution in [2.24, 2.45) is 5.92 Å². The van der Waals surface area contributed by atoms with Crippen molar-refractivity contribution in [2.75, 3.05) is 25.6 Å². The van der Waals surface area contributed by atoms with E-state index in [9.17, 15) is 10.1 Å². The van der Waals surface area contributed by atoms with Gasteiger partial charge in [-0.1, -0.05) is 49.4 Å². The molecule has 0 bridgehead atoms.